The van der Waals surface area contributed by atoms with E-state index in [2.05, 4.69) is 6.19 Å². The Balaban J connectivity index is 2.04. The lowest BCUT2D eigenvalue weighted by atomic mass is 10.2. The summed E-state index contributed by atoms with van der Waals surface area (Å²) in [5.41, 5.74) is 1.40. The number of fused-ring (bicyclic) bond motifs is 1. The molecule has 7 heteroatoms. The molecule has 19 heavy (non-hydrogen) atoms. The normalized spacial score (nSPS) is 24.4. The SMILES string of the molecule is CN1c2ccccc2N([C@@H]2CCN(C#N)C2)S1(=O)=O. The molecule has 6 nitrogen and oxygen atoms in total. The molecule has 100 valence electrons. The van der Waals surface area contributed by atoms with E-state index in [-0.39, 0.29) is 6.04 Å². The molecular weight excluding hydrogens is 264 g/mol. The molecule has 1 aromatic rings. The van der Waals surface area contributed by atoms with Gasteiger partial charge in [0.15, 0.2) is 6.19 Å². The summed E-state index contributed by atoms with van der Waals surface area (Å²) < 4.78 is 27.7. The van der Waals surface area contributed by atoms with E-state index in [0.717, 1.165) is 0 Å². The molecule has 0 aliphatic carbocycles. The third kappa shape index (κ3) is 1.64. The molecule has 1 saturated heterocycles. The fourth-order valence-electron chi connectivity index (χ4n) is 2.71. The molecule has 2 aliphatic heterocycles. The Morgan fingerprint density at radius 3 is 2.63 bits per heavy atom. The van der Waals surface area contributed by atoms with E-state index in [4.69, 9.17) is 5.26 Å². The minimum Gasteiger partial charge on any atom is -0.308 e. The van der Waals surface area contributed by atoms with E-state index >= 15 is 0 Å². The van der Waals surface area contributed by atoms with Crippen molar-refractivity contribution < 1.29 is 8.42 Å². The van der Waals surface area contributed by atoms with Crippen LogP contribution in [-0.2, 0) is 10.2 Å². The van der Waals surface area contributed by atoms with Crippen LogP contribution in [0.15, 0.2) is 24.3 Å². The van der Waals surface area contributed by atoms with Gasteiger partial charge < -0.3 is 4.90 Å². The second kappa shape index (κ2) is 4.03. The fraction of sp³-hybridized carbons (Fsp3) is 0.417. The highest BCUT2D eigenvalue weighted by Crippen LogP contribution is 2.42. The van der Waals surface area contributed by atoms with Crippen LogP contribution in [-0.4, -0.2) is 39.5 Å². The van der Waals surface area contributed by atoms with E-state index in [9.17, 15) is 8.42 Å². The first-order chi connectivity index (χ1) is 9.05. The van der Waals surface area contributed by atoms with Crippen LogP contribution in [0, 0.1) is 11.5 Å². The number of likely N-dealkylation sites (tertiary alicyclic amines) is 1. The number of rotatable bonds is 1. The number of anilines is 2. The summed E-state index contributed by atoms with van der Waals surface area (Å²) >= 11 is 0. The number of nitriles is 1. The Hall–Kier alpha value is -1.94. The third-order valence-corrected chi connectivity index (χ3v) is 5.57. The number of benzene rings is 1. The molecule has 1 atom stereocenters. The topological polar surface area (TPSA) is 67.7 Å². The van der Waals surface area contributed by atoms with Crippen LogP contribution in [0.25, 0.3) is 0 Å². The van der Waals surface area contributed by atoms with Gasteiger partial charge >= 0.3 is 10.2 Å². The van der Waals surface area contributed by atoms with Crippen LogP contribution >= 0.6 is 0 Å². The first-order valence-electron chi connectivity index (χ1n) is 6.07. The number of hydrogen-bond acceptors (Lipinski definition) is 4. The summed E-state index contributed by atoms with van der Waals surface area (Å²) in [4.78, 5) is 1.60. The summed E-state index contributed by atoms with van der Waals surface area (Å²) in [7, 11) is -1.95. The van der Waals surface area contributed by atoms with Gasteiger partial charge in [-0.1, -0.05) is 12.1 Å². The lowest BCUT2D eigenvalue weighted by molar-refractivity contribution is 0.478. The van der Waals surface area contributed by atoms with Gasteiger partial charge in [-0.05, 0) is 18.6 Å². The van der Waals surface area contributed by atoms with E-state index in [1.807, 2.05) is 18.2 Å². The second-order valence-corrected chi connectivity index (χ2v) is 6.59. The number of nitrogens with zero attached hydrogens (tertiary/aromatic N) is 4. The molecule has 0 spiro atoms. The molecule has 1 aromatic carbocycles. The van der Waals surface area contributed by atoms with Gasteiger partial charge in [0.1, 0.15) is 0 Å². The zero-order valence-electron chi connectivity index (χ0n) is 10.5. The van der Waals surface area contributed by atoms with Crippen LogP contribution in [0.2, 0.25) is 0 Å². The highest BCUT2D eigenvalue weighted by molar-refractivity contribution is 7.94. The first kappa shape index (κ1) is 12.1. The predicted molar refractivity (Wildman–Crippen MR) is 71.8 cm³/mol. The number of hydrogen-bond donors (Lipinski definition) is 0. The maximum Gasteiger partial charge on any atom is 0.326 e. The minimum absolute atomic E-state index is 0.171. The largest absolute Gasteiger partial charge is 0.326 e. The Morgan fingerprint density at radius 1 is 1.32 bits per heavy atom. The zero-order chi connectivity index (χ0) is 13.6. The third-order valence-electron chi connectivity index (χ3n) is 3.69. The molecule has 0 aromatic heterocycles. The lowest BCUT2D eigenvalue weighted by Gasteiger charge is -2.25. The van der Waals surface area contributed by atoms with Gasteiger partial charge in [-0.3, -0.25) is 4.31 Å². The molecule has 2 heterocycles. The van der Waals surface area contributed by atoms with Crippen molar-refractivity contribution in [1.29, 1.82) is 5.26 Å². The summed E-state index contributed by atoms with van der Waals surface area (Å²) in [6.45, 7) is 1.07. The smallest absolute Gasteiger partial charge is 0.308 e. The molecule has 0 saturated carbocycles. The highest BCUT2D eigenvalue weighted by Gasteiger charge is 2.43. The van der Waals surface area contributed by atoms with Crippen molar-refractivity contribution in [3.8, 4) is 6.19 Å². The van der Waals surface area contributed by atoms with E-state index in [0.29, 0.717) is 30.9 Å². The van der Waals surface area contributed by atoms with Crippen LogP contribution in [0.4, 0.5) is 11.4 Å². The molecule has 0 N–H and O–H groups in total. The summed E-state index contributed by atoms with van der Waals surface area (Å²) in [5.74, 6) is 0. The van der Waals surface area contributed by atoms with E-state index in [1.165, 1.54) is 8.61 Å². The summed E-state index contributed by atoms with van der Waals surface area (Å²) in [6, 6.07) is 7.09. The molecule has 0 amide bonds. The minimum atomic E-state index is -3.51. The van der Waals surface area contributed by atoms with Crippen LogP contribution in [0.1, 0.15) is 6.42 Å². The van der Waals surface area contributed by atoms with Gasteiger partial charge in [0, 0.05) is 20.1 Å². The van der Waals surface area contributed by atoms with Gasteiger partial charge in [-0.25, -0.2) is 4.31 Å². The second-order valence-electron chi connectivity index (χ2n) is 4.75. The van der Waals surface area contributed by atoms with Crippen molar-refractivity contribution in [1.82, 2.24) is 4.90 Å². The maximum atomic E-state index is 12.5. The van der Waals surface area contributed by atoms with Crippen LogP contribution < -0.4 is 8.61 Å². The Bertz CT molecular complexity index is 652. The molecule has 0 bridgehead atoms. The van der Waals surface area contributed by atoms with Crippen LogP contribution in [0.5, 0.6) is 0 Å². The van der Waals surface area contributed by atoms with E-state index < -0.39 is 10.2 Å². The predicted octanol–water partition coefficient (Wildman–Crippen LogP) is 0.743. The van der Waals surface area contributed by atoms with Gasteiger partial charge in [0.25, 0.3) is 0 Å². The Morgan fingerprint density at radius 2 is 2.00 bits per heavy atom. The average molecular weight is 278 g/mol. The number of para-hydroxylation sites is 2. The van der Waals surface area contributed by atoms with E-state index in [1.54, 1.807) is 18.0 Å². The zero-order valence-corrected chi connectivity index (χ0v) is 11.3. The van der Waals surface area contributed by atoms with Crippen molar-refractivity contribution in [3.05, 3.63) is 24.3 Å². The molecule has 1 fully saturated rings. The van der Waals surface area contributed by atoms with Crippen molar-refractivity contribution in [2.45, 2.75) is 12.5 Å². The fourth-order valence-corrected chi connectivity index (χ4v) is 4.33. The molecule has 0 radical (unpaired) electrons. The van der Waals surface area contributed by atoms with Crippen molar-refractivity contribution >= 4 is 21.6 Å². The van der Waals surface area contributed by atoms with Gasteiger partial charge in [-0.15, -0.1) is 0 Å². The first-order valence-corrected chi connectivity index (χ1v) is 7.47. The van der Waals surface area contributed by atoms with Crippen molar-refractivity contribution in [3.63, 3.8) is 0 Å². The Labute approximate surface area is 112 Å². The average Bonchev–Trinajstić information content (AvgIpc) is 2.93. The molecule has 0 unspecified atom stereocenters. The molecule has 2 aliphatic rings. The van der Waals surface area contributed by atoms with Crippen LogP contribution in [0.3, 0.4) is 0 Å². The molecule has 3 rings (SSSR count). The highest BCUT2D eigenvalue weighted by atomic mass is 32.2. The molecular formula is C12H14N4O2S. The summed E-state index contributed by atoms with van der Waals surface area (Å²) in [6.07, 6.45) is 2.75. The summed E-state index contributed by atoms with van der Waals surface area (Å²) in [5, 5.41) is 8.90. The standard InChI is InChI=1S/C12H14N4O2S/c1-14-11-4-2-3-5-12(11)16(19(14,17)18)10-6-7-15(8-10)9-13/h2-5,10H,6-8H2,1H3/t10-/m1/s1. The van der Waals surface area contributed by atoms with Gasteiger partial charge in [0.05, 0.1) is 17.4 Å². The maximum absolute atomic E-state index is 12.5. The lowest BCUT2D eigenvalue weighted by Crippen LogP contribution is -2.43. The van der Waals surface area contributed by atoms with Crippen molar-refractivity contribution in [2.24, 2.45) is 0 Å². The monoisotopic (exact) mass is 278 g/mol. The van der Waals surface area contributed by atoms with Crippen molar-refractivity contribution in [2.75, 3.05) is 28.7 Å². The quantitative estimate of drug-likeness (QED) is 0.711. The Kier molecular flexibility index (Phi) is 2.57. The van der Waals surface area contributed by atoms with Gasteiger partial charge in [0.2, 0.25) is 0 Å². The van der Waals surface area contributed by atoms with Gasteiger partial charge in [-0.2, -0.15) is 13.7 Å².